The molecule has 1 heterocycles. The van der Waals surface area contributed by atoms with Gasteiger partial charge >= 0.3 is 0 Å². The van der Waals surface area contributed by atoms with Gasteiger partial charge in [0.2, 0.25) is 0 Å². The number of hydrogen-bond donors (Lipinski definition) is 1. The zero-order valence-electron chi connectivity index (χ0n) is 10.3. The summed E-state index contributed by atoms with van der Waals surface area (Å²) in [5.74, 6) is 0. The van der Waals surface area contributed by atoms with E-state index < -0.39 is 0 Å². The Labute approximate surface area is 129 Å². The third kappa shape index (κ3) is 3.05. The van der Waals surface area contributed by atoms with Crippen molar-refractivity contribution in [1.82, 2.24) is 5.32 Å². The van der Waals surface area contributed by atoms with Crippen molar-refractivity contribution in [2.45, 2.75) is 19.9 Å². The molecule has 0 spiro atoms. The van der Waals surface area contributed by atoms with Crippen LogP contribution in [0.1, 0.15) is 29.7 Å². The number of thiophene rings is 1. The summed E-state index contributed by atoms with van der Waals surface area (Å²) < 4.78 is 2.25. The normalized spacial score (nSPS) is 12.7. The standard InChI is InChI=1S/C14H15Br2NS/c1-3-17-14(12-8-18-7-9(12)2)11-6-10(15)4-5-13(11)16/h4-8,14,17H,3H2,1-2H3. The highest BCUT2D eigenvalue weighted by Crippen LogP contribution is 2.33. The topological polar surface area (TPSA) is 12.0 Å². The lowest BCUT2D eigenvalue weighted by molar-refractivity contribution is 0.627. The van der Waals surface area contributed by atoms with Gasteiger partial charge in [0.1, 0.15) is 0 Å². The molecule has 0 aliphatic heterocycles. The second-order valence-corrected chi connectivity index (χ2v) is 6.68. The summed E-state index contributed by atoms with van der Waals surface area (Å²) in [4.78, 5) is 0. The predicted octanol–water partition coefficient (Wildman–Crippen LogP) is 5.28. The van der Waals surface area contributed by atoms with Crippen molar-refractivity contribution in [2.75, 3.05) is 6.54 Å². The van der Waals surface area contributed by atoms with Crippen LogP contribution in [0.15, 0.2) is 37.9 Å². The van der Waals surface area contributed by atoms with Gasteiger partial charge < -0.3 is 5.32 Å². The summed E-state index contributed by atoms with van der Waals surface area (Å²) in [6, 6.07) is 6.56. The number of hydrogen-bond acceptors (Lipinski definition) is 2. The maximum absolute atomic E-state index is 3.65. The Bertz CT molecular complexity index is 536. The van der Waals surface area contributed by atoms with Crippen molar-refractivity contribution in [3.05, 3.63) is 54.6 Å². The maximum Gasteiger partial charge on any atom is 0.0599 e. The molecule has 0 fully saturated rings. The van der Waals surface area contributed by atoms with Crippen LogP contribution in [0.3, 0.4) is 0 Å². The molecule has 0 saturated carbocycles. The van der Waals surface area contributed by atoms with E-state index in [0.29, 0.717) is 0 Å². The highest BCUT2D eigenvalue weighted by Gasteiger charge is 2.18. The van der Waals surface area contributed by atoms with Gasteiger partial charge in [-0.2, -0.15) is 11.3 Å². The van der Waals surface area contributed by atoms with Crippen LogP contribution in [-0.4, -0.2) is 6.54 Å². The van der Waals surface area contributed by atoms with Crippen molar-refractivity contribution in [3.8, 4) is 0 Å². The summed E-state index contributed by atoms with van der Waals surface area (Å²) in [5.41, 5.74) is 3.98. The van der Waals surface area contributed by atoms with Crippen LogP contribution in [0.4, 0.5) is 0 Å². The van der Waals surface area contributed by atoms with E-state index in [1.54, 1.807) is 11.3 Å². The molecule has 1 atom stereocenters. The van der Waals surface area contributed by atoms with Crippen LogP contribution >= 0.6 is 43.2 Å². The van der Waals surface area contributed by atoms with Gasteiger partial charge in [0, 0.05) is 8.95 Å². The molecule has 1 nitrogen and oxygen atoms in total. The quantitative estimate of drug-likeness (QED) is 0.751. The molecule has 0 aliphatic carbocycles. The smallest absolute Gasteiger partial charge is 0.0599 e. The van der Waals surface area contributed by atoms with Crippen molar-refractivity contribution in [2.24, 2.45) is 0 Å². The van der Waals surface area contributed by atoms with Crippen LogP contribution < -0.4 is 5.32 Å². The highest BCUT2D eigenvalue weighted by atomic mass is 79.9. The largest absolute Gasteiger partial charge is 0.306 e. The molecule has 2 rings (SSSR count). The van der Waals surface area contributed by atoms with E-state index in [4.69, 9.17) is 0 Å². The molecule has 4 heteroatoms. The van der Waals surface area contributed by atoms with E-state index in [1.807, 2.05) is 0 Å². The minimum absolute atomic E-state index is 0.244. The lowest BCUT2D eigenvalue weighted by Crippen LogP contribution is -2.22. The van der Waals surface area contributed by atoms with Crippen LogP contribution in [0, 0.1) is 6.92 Å². The molecular weight excluding hydrogens is 374 g/mol. The fraction of sp³-hybridized carbons (Fsp3) is 0.286. The number of rotatable bonds is 4. The average Bonchev–Trinajstić information content (AvgIpc) is 2.76. The zero-order chi connectivity index (χ0) is 13.1. The molecule has 0 bridgehead atoms. The second-order valence-electron chi connectivity index (χ2n) is 4.17. The summed E-state index contributed by atoms with van der Waals surface area (Å²) in [5, 5.41) is 8.00. The molecule has 1 unspecified atom stereocenters. The number of benzene rings is 1. The van der Waals surface area contributed by atoms with Crippen LogP contribution in [0.2, 0.25) is 0 Å². The van der Waals surface area contributed by atoms with E-state index in [1.165, 1.54) is 16.7 Å². The number of nitrogens with one attached hydrogen (secondary N) is 1. The molecule has 0 aliphatic rings. The Kier molecular flexibility index (Phi) is 5.01. The van der Waals surface area contributed by atoms with Gasteiger partial charge in [-0.15, -0.1) is 0 Å². The third-order valence-corrected chi connectivity index (χ3v) is 4.98. The van der Waals surface area contributed by atoms with E-state index in [0.717, 1.165) is 15.5 Å². The summed E-state index contributed by atoms with van der Waals surface area (Å²) in [7, 11) is 0. The van der Waals surface area contributed by atoms with E-state index in [2.05, 4.69) is 80.0 Å². The minimum Gasteiger partial charge on any atom is -0.306 e. The summed E-state index contributed by atoms with van der Waals surface area (Å²) in [6.07, 6.45) is 0. The fourth-order valence-electron chi connectivity index (χ4n) is 1.99. The van der Waals surface area contributed by atoms with Crippen LogP contribution in [-0.2, 0) is 0 Å². The Morgan fingerprint density at radius 3 is 2.61 bits per heavy atom. The number of aryl methyl sites for hydroxylation is 1. The Balaban J connectivity index is 2.48. The first-order valence-corrected chi connectivity index (χ1v) is 8.37. The average molecular weight is 389 g/mol. The fourth-order valence-corrected chi connectivity index (χ4v) is 3.72. The van der Waals surface area contributed by atoms with Gasteiger partial charge in [-0.05, 0) is 59.1 Å². The lowest BCUT2D eigenvalue weighted by Gasteiger charge is -2.20. The minimum atomic E-state index is 0.244. The second kappa shape index (κ2) is 6.33. The SMILES string of the molecule is CCNC(c1cscc1C)c1cc(Br)ccc1Br. The van der Waals surface area contributed by atoms with Crippen molar-refractivity contribution in [1.29, 1.82) is 0 Å². The van der Waals surface area contributed by atoms with Crippen molar-refractivity contribution in [3.63, 3.8) is 0 Å². The van der Waals surface area contributed by atoms with Gasteiger partial charge in [0.05, 0.1) is 6.04 Å². The zero-order valence-corrected chi connectivity index (χ0v) is 14.3. The molecule has 96 valence electrons. The molecule has 1 aromatic carbocycles. The van der Waals surface area contributed by atoms with Crippen LogP contribution in [0.5, 0.6) is 0 Å². The molecule has 1 aromatic heterocycles. The summed E-state index contributed by atoms with van der Waals surface area (Å²) in [6.45, 7) is 5.25. The Hall–Kier alpha value is -0.160. The Morgan fingerprint density at radius 1 is 1.22 bits per heavy atom. The molecular formula is C14H15Br2NS. The predicted molar refractivity (Wildman–Crippen MR) is 86.4 cm³/mol. The Morgan fingerprint density at radius 2 is 2.00 bits per heavy atom. The highest BCUT2D eigenvalue weighted by molar-refractivity contribution is 9.11. The lowest BCUT2D eigenvalue weighted by atomic mass is 9.98. The molecule has 2 aromatic rings. The van der Waals surface area contributed by atoms with Crippen molar-refractivity contribution >= 4 is 43.2 Å². The first-order chi connectivity index (χ1) is 8.63. The van der Waals surface area contributed by atoms with Gasteiger partial charge in [0.25, 0.3) is 0 Å². The van der Waals surface area contributed by atoms with Gasteiger partial charge in [-0.3, -0.25) is 0 Å². The maximum atomic E-state index is 3.65. The van der Waals surface area contributed by atoms with E-state index in [-0.39, 0.29) is 6.04 Å². The third-order valence-electron chi connectivity index (χ3n) is 2.88. The monoisotopic (exact) mass is 387 g/mol. The molecule has 0 saturated heterocycles. The molecule has 18 heavy (non-hydrogen) atoms. The van der Waals surface area contributed by atoms with Gasteiger partial charge in [-0.25, -0.2) is 0 Å². The van der Waals surface area contributed by atoms with Crippen molar-refractivity contribution < 1.29 is 0 Å². The van der Waals surface area contributed by atoms with E-state index >= 15 is 0 Å². The molecule has 0 amide bonds. The van der Waals surface area contributed by atoms with Crippen LogP contribution in [0.25, 0.3) is 0 Å². The number of halogens is 2. The first-order valence-electron chi connectivity index (χ1n) is 5.84. The van der Waals surface area contributed by atoms with Gasteiger partial charge in [0.15, 0.2) is 0 Å². The summed E-state index contributed by atoms with van der Waals surface area (Å²) >= 11 is 8.96. The van der Waals surface area contributed by atoms with Gasteiger partial charge in [-0.1, -0.05) is 38.8 Å². The molecule has 0 radical (unpaired) electrons. The first kappa shape index (κ1) is 14.3. The van der Waals surface area contributed by atoms with E-state index in [9.17, 15) is 0 Å². The molecule has 1 N–H and O–H groups in total.